The molecule has 2 heterocycles. The van der Waals surface area contributed by atoms with Crippen LogP contribution in [-0.4, -0.2) is 43.0 Å². The highest BCUT2D eigenvalue weighted by Gasteiger charge is 2.40. The number of likely N-dealkylation sites (tertiary alicyclic amines) is 1. The van der Waals surface area contributed by atoms with Crippen molar-refractivity contribution in [1.29, 1.82) is 0 Å². The molecule has 1 N–H and O–H groups in total. The number of nitrogens with one attached hydrogen (secondary N) is 1. The summed E-state index contributed by atoms with van der Waals surface area (Å²) >= 11 is 0. The van der Waals surface area contributed by atoms with E-state index < -0.39 is 23.5 Å². The van der Waals surface area contributed by atoms with E-state index in [2.05, 4.69) is 5.32 Å². The summed E-state index contributed by atoms with van der Waals surface area (Å²) in [6.45, 7) is 2.03. The number of rotatable bonds is 1. The topological polar surface area (TPSA) is 50.8 Å². The van der Waals surface area contributed by atoms with E-state index in [-0.39, 0.29) is 5.69 Å². The van der Waals surface area contributed by atoms with Crippen molar-refractivity contribution in [2.45, 2.75) is 18.6 Å². The van der Waals surface area contributed by atoms with E-state index in [9.17, 15) is 13.6 Å². The van der Waals surface area contributed by atoms with Gasteiger partial charge in [-0.2, -0.15) is 0 Å². The lowest BCUT2D eigenvalue weighted by Crippen LogP contribution is -2.48. The van der Waals surface area contributed by atoms with E-state index in [1.54, 1.807) is 4.90 Å². The van der Waals surface area contributed by atoms with Gasteiger partial charge in [0.15, 0.2) is 5.79 Å². The van der Waals surface area contributed by atoms with Gasteiger partial charge >= 0.3 is 6.03 Å². The highest BCUT2D eigenvalue weighted by molar-refractivity contribution is 5.89. The first-order valence-electron chi connectivity index (χ1n) is 6.87. The third kappa shape index (κ3) is 2.98. The van der Waals surface area contributed by atoms with Gasteiger partial charge < -0.3 is 19.7 Å². The van der Waals surface area contributed by atoms with Crippen molar-refractivity contribution in [2.24, 2.45) is 0 Å². The maximum absolute atomic E-state index is 13.5. The third-order valence-corrected chi connectivity index (χ3v) is 3.80. The Kier molecular flexibility index (Phi) is 3.77. The van der Waals surface area contributed by atoms with Gasteiger partial charge in [-0.15, -0.1) is 0 Å². The van der Waals surface area contributed by atoms with E-state index in [0.29, 0.717) is 39.1 Å². The molecule has 2 aliphatic rings. The summed E-state index contributed by atoms with van der Waals surface area (Å²) in [5.41, 5.74) is -0.159. The Morgan fingerprint density at radius 3 is 2.52 bits per heavy atom. The number of nitrogens with zero attached hydrogens (tertiary/aromatic N) is 1. The molecule has 0 aromatic heterocycles. The fourth-order valence-electron chi connectivity index (χ4n) is 2.62. The van der Waals surface area contributed by atoms with Crippen molar-refractivity contribution >= 4 is 11.7 Å². The molecule has 1 spiro atoms. The normalized spacial score (nSPS) is 20.8. The second-order valence-corrected chi connectivity index (χ2v) is 5.15. The van der Waals surface area contributed by atoms with E-state index in [1.807, 2.05) is 0 Å². The maximum atomic E-state index is 13.5. The van der Waals surface area contributed by atoms with Crippen molar-refractivity contribution in [3.8, 4) is 0 Å². The van der Waals surface area contributed by atoms with Gasteiger partial charge in [0.05, 0.1) is 18.9 Å². The molecule has 0 atom stereocenters. The summed E-state index contributed by atoms with van der Waals surface area (Å²) < 4.78 is 37.7. The summed E-state index contributed by atoms with van der Waals surface area (Å²) in [4.78, 5) is 13.6. The number of carbonyl (C=O) groups is 1. The zero-order valence-corrected chi connectivity index (χ0v) is 11.4. The zero-order chi connectivity index (χ0) is 14.9. The monoisotopic (exact) mass is 298 g/mol. The summed E-state index contributed by atoms with van der Waals surface area (Å²) in [7, 11) is 0. The number of hydrogen-bond donors (Lipinski definition) is 1. The molecule has 0 saturated carbocycles. The highest BCUT2D eigenvalue weighted by Crippen LogP contribution is 2.31. The van der Waals surface area contributed by atoms with Gasteiger partial charge in [0.1, 0.15) is 11.6 Å². The van der Waals surface area contributed by atoms with Crippen molar-refractivity contribution in [2.75, 3.05) is 31.6 Å². The summed E-state index contributed by atoms with van der Waals surface area (Å²) in [5.74, 6) is -1.83. The fourth-order valence-corrected chi connectivity index (χ4v) is 2.62. The Balaban J connectivity index is 1.60. The molecular formula is C14H16F2N2O3. The lowest BCUT2D eigenvalue weighted by atomic mass is 10.0. The number of anilines is 1. The molecule has 2 fully saturated rings. The first-order valence-corrected chi connectivity index (χ1v) is 6.87. The molecule has 0 bridgehead atoms. The summed E-state index contributed by atoms with van der Waals surface area (Å²) in [6.07, 6.45) is 1.15. The van der Waals surface area contributed by atoms with Crippen LogP contribution < -0.4 is 5.32 Å². The average molecular weight is 298 g/mol. The Bertz CT molecular complexity index is 537. The van der Waals surface area contributed by atoms with Gasteiger partial charge in [0.25, 0.3) is 0 Å². The van der Waals surface area contributed by atoms with Gasteiger partial charge in [-0.1, -0.05) is 0 Å². The molecule has 114 valence electrons. The lowest BCUT2D eigenvalue weighted by Gasteiger charge is -2.37. The van der Waals surface area contributed by atoms with Gasteiger partial charge in [-0.25, -0.2) is 13.6 Å². The Labute approximate surface area is 120 Å². The molecule has 2 amide bonds. The van der Waals surface area contributed by atoms with Crippen molar-refractivity contribution in [3.05, 3.63) is 29.8 Å². The molecule has 2 aliphatic heterocycles. The summed E-state index contributed by atoms with van der Waals surface area (Å²) in [6, 6.07) is 2.50. The van der Waals surface area contributed by atoms with Crippen LogP contribution in [0.15, 0.2) is 18.2 Å². The molecule has 1 aromatic carbocycles. The largest absolute Gasteiger partial charge is 0.347 e. The molecular weight excluding hydrogens is 282 g/mol. The van der Waals surface area contributed by atoms with E-state index in [1.165, 1.54) is 0 Å². The fraction of sp³-hybridized carbons (Fsp3) is 0.500. The van der Waals surface area contributed by atoms with E-state index >= 15 is 0 Å². The van der Waals surface area contributed by atoms with Crippen LogP contribution in [0.2, 0.25) is 0 Å². The standard InChI is InChI=1S/C14H16F2N2O3/c15-10-1-2-11(16)12(9-10)17-13(19)18-5-3-14(4-6-18)20-7-8-21-14/h1-2,9H,3-8H2,(H,17,19). The Hall–Kier alpha value is -1.73. The molecule has 7 heteroatoms. The zero-order valence-electron chi connectivity index (χ0n) is 11.4. The second kappa shape index (κ2) is 5.57. The van der Waals surface area contributed by atoms with Crippen molar-refractivity contribution in [3.63, 3.8) is 0 Å². The number of benzene rings is 1. The minimum absolute atomic E-state index is 0.159. The van der Waals surface area contributed by atoms with Crippen LogP contribution in [0.3, 0.4) is 0 Å². The number of piperidine rings is 1. The Morgan fingerprint density at radius 1 is 1.19 bits per heavy atom. The number of urea groups is 1. The van der Waals surface area contributed by atoms with Crippen LogP contribution in [0.4, 0.5) is 19.3 Å². The Morgan fingerprint density at radius 2 is 1.86 bits per heavy atom. The van der Waals surface area contributed by atoms with Crippen LogP contribution >= 0.6 is 0 Å². The first kappa shape index (κ1) is 14.2. The molecule has 0 radical (unpaired) electrons. The highest BCUT2D eigenvalue weighted by atomic mass is 19.1. The van der Waals surface area contributed by atoms with Crippen LogP contribution in [0.1, 0.15) is 12.8 Å². The maximum Gasteiger partial charge on any atom is 0.321 e. The number of carbonyl (C=O) groups excluding carboxylic acids is 1. The number of ether oxygens (including phenoxy) is 2. The number of hydrogen-bond acceptors (Lipinski definition) is 3. The SMILES string of the molecule is O=C(Nc1cc(F)ccc1F)N1CCC2(CC1)OCCO2. The van der Waals surface area contributed by atoms with Gasteiger partial charge in [0, 0.05) is 32.0 Å². The number of halogens is 2. The second-order valence-electron chi connectivity index (χ2n) is 5.15. The summed E-state index contributed by atoms with van der Waals surface area (Å²) in [5, 5.41) is 2.39. The molecule has 5 nitrogen and oxygen atoms in total. The van der Waals surface area contributed by atoms with Crippen LogP contribution in [-0.2, 0) is 9.47 Å². The molecule has 0 aliphatic carbocycles. The minimum atomic E-state index is -0.666. The van der Waals surface area contributed by atoms with Crippen LogP contribution in [0, 0.1) is 11.6 Å². The smallest absolute Gasteiger partial charge is 0.321 e. The molecule has 3 rings (SSSR count). The predicted octanol–water partition coefficient (Wildman–Crippen LogP) is 2.34. The average Bonchev–Trinajstić information content (AvgIpc) is 2.92. The number of amides is 2. The van der Waals surface area contributed by atoms with Crippen molar-refractivity contribution in [1.82, 2.24) is 4.90 Å². The van der Waals surface area contributed by atoms with Gasteiger partial charge in [-0.05, 0) is 12.1 Å². The van der Waals surface area contributed by atoms with E-state index in [4.69, 9.17) is 9.47 Å². The minimum Gasteiger partial charge on any atom is -0.347 e. The van der Waals surface area contributed by atoms with Crippen molar-refractivity contribution < 1.29 is 23.0 Å². The third-order valence-electron chi connectivity index (χ3n) is 3.80. The van der Waals surface area contributed by atoms with Gasteiger partial charge in [-0.3, -0.25) is 0 Å². The molecule has 1 aromatic rings. The molecule has 2 saturated heterocycles. The first-order chi connectivity index (χ1) is 10.1. The lowest BCUT2D eigenvalue weighted by molar-refractivity contribution is -0.181. The van der Waals surface area contributed by atoms with E-state index in [0.717, 1.165) is 18.2 Å². The predicted molar refractivity (Wildman–Crippen MR) is 70.8 cm³/mol. The molecule has 0 unspecified atom stereocenters. The van der Waals surface area contributed by atoms with Gasteiger partial charge in [0.2, 0.25) is 0 Å². The quantitative estimate of drug-likeness (QED) is 0.866. The molecule has 21 heavy (non-hydrogen) atoms. The van der Waals surface area contributed by atoms with Crippen LogP contribution in [0.5, 0.6) is 0 Å². The van der Waals surface area contributed by atoms with Crippen LogP contribution in [0.25, 0.3) is 0 Å².